The van der Waals surface area contributed by atoms with Crippen molar-refractivity contribution >= 4 is 42.1 Å². The third-order valence-electron chi connectivity index (χ3n) is 4.72. The topological polar surface area (TPSA) is 59.2 Å². The molecule has 7 heteroatoms. The monoisotopic (exact) mass is 415 g/mol. The van der Waals surface area contributed by atoms with Gasteiger partial charge in [-0.15, -0.1) is 36.2 Å². The second kappa shape index (κ2) is 10.3. The van der Waals surface area contributed by atoms with Gasteiger partial charge in [-0.3, -0.25) is 4.79 Å². The number of aryl methyl sites for hydroxylation is 2. The maximum absolute atomic E-state index is 12.8. The van der Waals surface area contributed by atoms with Crippen LogP contribution in [-0.4, -0.2) is 28.9 Å². The van der Waals surface area contributed by atoms with Crippen LogP contribution >= 0.6 is 36.2 Å². The number of nitrogens with zero attached hydrogens (tertiary/aromatic N) is 2. The van der Waals surface area contributed by atoms with Gasteiger partial charge in [0.15, 0.2) is 0 Å². The minimum absolute atomic E-state index is 0. The van der Waals surface area contributed by atoms with Crippen molar-refractivity contribution in [1.82, 2.24) is 9.88 Å². The van der Waals surface area contributed by atoms with E-state index in [2.05, 4.69) is 12.3 Å². The Morgan fingerprint density at radius 2 is 2.04 bits per heavy atom. The largest absolute Gasteiger partial charge is 0.340 e. The summed E-state index contributed by atoms with van der Waals surface area (Å²) in [5.41, 5.74) is 9.43. The van der Waals surface area contributed by atoms with Crippen molar-refractivity contribution in [2.24, 2.45) is 5.73 Å². The number of piperidine rings is 1. The number of hydrogen-bond acceptors (Lipinski definition) is 4. The number of likely N-dealkylation sites (tertiary alicyclic amines) is 1. The zero-order chi connectivity index (χ0) is 17.1. The van der Waals surface area contributed by atoms with Crippen molar-refractivity contribution in [3.8, 4) is 0 Å². The van der Waals surface area contributed by atoms with E-state index in [1.165, 1.54) is 5.56 Å². The van der Waals surface area contributed by atoms with Crippen LogP contribution in [0.2, 0.25) is 0 Å². The Labute approximate surface area is 172 Å². The molecule has 2 N–H and O–H groups in total. The third-order valence-corrected chi connectivity index (χ3v) is 5.77. The number of nitrogens with two attached hydrogens (primary N) is 1. The highest BCUT2D eigenvalue weighted by Crippen LogP contribution is 2.30. The fraction of sp³-hybridized carbons (Fsp3) is 0.474. The molecule has 2 aromatic rings. The first kappa shape index (κ1) is 22.9. The summed E-state index contributed by atoms with van der Waals surface area (Å²) >= 11 is 1.72. The zero-order valence-electron chi connectivity index (χ0n) is 15.2. The number of hydrogen-bond donors (Lipinski definition) is 1. The Morgan fingerprint density at radius 1 is 1.35 bits per heavy atom. The molecule has 2 atom stereocenters. The molecule has 1 saturated heterocycles. The molecule has 0 bridgehead atoms. The number of carbonyl (C=O) groups excluding carboxylic acids is 1. The van der Waals surface area contributed by atoms with E-state index < -0.39 is 6.04 Å². The lowest BCUT2D eigenvalue weighted by Crippen LogP contribution is -2.43. The van der Waals surface area contributed by atoms with Gasteiger partial charge in [0.05, 0.1) is 10.7 Å². The van der Waals surface area contributed by atoms with Crippen LogP contribution in [-0.2, 0) is 11.2 Å². The third kappa shape index (κ3) is 5.19. The molecule has 0 spiro atoms. The van der Waals surface area contributed by atoms with E-state index in [0.717, 1.165) is 48.6 Å². The van der Waals surface area contributed by atoms with Crippen LogP contribution in [0, 0.1) is 6.92 Å². The molecular formula is C19H27Cl2N3OS. The van der Waals surface area contributed by atoms with Crippen molar-refractivity contribution in [3.05, 3.63) is 51.5 Å². The SMILES string of the molecule is CCc1csc(C2CCCN(C(=O)C(N)c3ccc(C)cc3)C2)n1.Cl.Cl. The van der Waals surface area contributed by atoms with Gasteiger partial charge >= 0.3 is 0 Å². The van der Waals surface area contributed by atoms with Crippen LogP contribution in [0.3, 0.4) is 0 Å². The lowest BCUT2D eigenvalue weighted by molar-refractivity contribution is -0.134. The van der Waals surface area contributed by atoms with E-state index >= 15 is 0 Å². The molecule has 4 nitrogen and oxygen atoms in total. The molecule has 1 aliphatic rings. The Bertz CT molecular complexity index is 705. The van der Waals surface area contributed by atoms with Gasteiger partial charge in [0.1, 0.15) is 6.04 Å². The highest BCUT2D eigenvalue weighted by atomic mass is 35.5. The standard InChI is InChI=1S/C19H25N3OS.2ClH/c1-3-16-12-24-18(21-16)15-5-4-10-22(11-15)19(23)17(20)14-8-6-13(2)7-9-14;;/h6-9,12,15,17H,3-5,10-11,20H2,1-2H3;2*1H. The molecule has 1 fully saturated rings. The average Bonchev–Trinajstić information content (AvgIpc) is 3.10. The fourth-order valence-electron chi connectivity index (χ4n) is 3.16. The van der Waals surface area contributed by atoms with E-state index in [4.69, 9.17) is 10.7 Å². The molecule has 2 unspecified atom stereocenters. The summed E-state index contributed by atoms with van der Waals surface area (Å²) in [5.74, 6) is 0.369. The Hall–Kier alpha value is -1.14. The van der Waals surface area contributed by atoms with Gasteiger partial charge in [-0.1, -0.05) is 36.8 Å². The molecule has 2 heterocycles. The molecule has 0 radical (unpaired) electrons. The van der Waals surface area contributed by atoms with E-state index in [0.29, 0.717) is 5.92 Å². The number of carbonyl (C=O) groups is 1. The summed E-state index contributed by atoms with van der Waals surface area (Å²) < 4.78 is 0. The number of benzene rings is 1. The predicted octanol–water partition coefficient (Wildman–Crippen LogP) is 4.26. The predicted molar refractivity (Wildman–Crippen MR) is 113 cm³/mol. The maximum Gasteiger partial charge on any atom is 0.244 e. The molecular weight excluding hydrogens is 389 g/mol. The van der Waals surface area contributed by atoms with Crippen molar-refractivity contribution in [2.75, 3.05) is 13.1 Å². The lowest BCUT2D eigenvalue weighted by Gasteiger charge is -2.33. The van der Waals surface area contributed by atoms with Crippen LogP contribution in [0.1, 0.15) is 53.6 Å². The van der Waals surface area contributed by atoms with Crippen molar-refractivity contribution in [1.29, 1.82) is 0 Å². The van der Waals surface area contributed by atoms with Crippen molar-refractivity contribution in [3.63, 3.8) is 0 Å². The molecule has 1 aromatic heterocycles. The molecule has 0 saturated carbocycles. The Morgan fingerprint density at radius 3 is 2.65 bits per heavy atom. The summed E-state index contributed by atoms with van der Waals surface area (Å²) in [6.45, 7) is 5.68. The maximum atomic E-state index is 12.8. The molecule has 3 rings (SSSR count). The van der Waals surface area contributed by atoms with Gasteiger partial charge in [0, 0.05) is 24.4 Å². The number of thiazole rings is 1. The van der Waals surface area contributed by atoms with Crippen LogP contribution in [0.5, 0.6) is 0 Å². The van der Waals surface area contributed by atoms with E-state index in [-0.39, 0.29) is 30.7 Å². The minimum atomic E-state index is -0.577. The van der Waals surface area contributed by atoms with Crippen LogP contribution in [0.25, 0.3) is 0 Å². The second-order valence-electron chi connectivity index (χ2n) is 6.54. The summed E-state index contributed by atoms with van der Waals surface area (Å²) in [4.78, 5) is 19.4. The van der Waals surface area contributed by atoms with Crippen molar-refractivity contribution < 1.29 is 4.79 Å². The molecule has 144 valence electrons. The zero-order valence-corrected chi connectivity index (χ0v) is 17.6. The van der Waals surface area contributed by atoms with E-state index in [1.54, 1.807) is 11.3 Å². The number of halogens is 2. The molecule has 0 aliphatic carbocycles. The van der Waals surface area contributed by atoms with Gasteiger partial charge in [0.25, 0.3) is 0 Å². The van der Waals surface area contributed by atoms with Crippen LogP contribution in [0.4, 0.5) is 0 Å². The minimum Gasteiger partial charge on any atom is -0.340 e. The summed E-state index contributed by atoms with van der Waals surface area (Å²) in [6, 6.07) is 7.33. The average molecular weight is 416 g/mol. The first-order valence-corrected chi connectivity index (χ1v) is 9.51. The highest BCUT2D eigenvalue weighted by Gasteiger charge is 2.29. The highest BCUT2D eigenvalue weighted by molar-refractivity contribution is 7.09. The summed E-state index contributed by atoms with van der Waals surface area (Å²) in [7, 11) is 0. The summed E-state index contributed by atoms with van der Waals surface area (Å²) in [6.07, 6.45) is 3.07. The van der Waals surface area contributed by atoms with Gasteiger partial charge < -0.3 is 10.6 Å². The smallest absolute Gasteiger partial charge is 0.244 e. The van der Waals surface area contributed by atoms with Gasteiger partial charge in [0.2, 0.25) is 5.91 Å². The van der Waals surface area contributed by atoms with Gasteiger partial charge in [-0.05, 0) is 31.7 Å². The van der Waals surface area contributed by atoms with Crippen LogP contribution < -0.4 is 5.73 Å². The number of aromatic nitrogens is 1. The second-order valence-corrected chi connectivity index (χ2v) is 7.43. The first-order chi connectivity index (χ1) is 11.6. The Kier molecular flexibility index (Phi) is 9.04. The lowest BCUT2D eigenvalue weighted by atomic mass is 9.97. The van der Waals surface area contributed by atoms with Gasteiger partial charge in [-0.25, -0.2) is 4.98 Å². The Balaban J connectivity index is 0.00000169. The first-order valence-electron chi connectivity index (χ1n) is 8.63. The molecule has 1 aliphatic heterocycles. The molecule has 1 aromatic carbocycles. The number of amides is 1. The van der Waals surface area contributed by atoms with Crippen molar-refractivity contribution in [2.45, 2.75) is 45.1 Å². The van der Waals surface area contributed by atoms with Gasteiger partial charge in [-0.2, -0.15) is 0 Å². The van der Waals surface area contributed by atoms with Crippen LogP contribution in [0.15, 0.2) is 29.6 Å². The normalized spacial score (nSPS) is 17.8. The summed E-state index contributed by atoms with van der Waals surface area (Å²) in [5, 5.41) is 3.29. The number of rotatable bonds is 4. The molecule has 1 amide bonds. The fourth-order valence-corrected chi connectivity index (χ4v) is 4.20. The quantitative estimate of drug-likeness (QED) is 0.810. The van der Waals surface area contributed by atoms with E-state index in [1.807, 2.05) is 36.1 Å². The molecule has 26 heavy (non-hydrogen) atoms. The van der Waals surface area contributed by atoms with E-state index in [9.17, 15) is 4.79 Å².